The summed E-state index contributed by atoms with van der Waals surface area (Å²) < 4.78 is 5.13. The summed E-state index contributed by atoms with van der Waals surface area (Å²) in [5, 5.41) is 23.0. The standard InChI is InChI=1S/C15H13N3O3/c1-21-13-6-2-4-11(8-13)10-17-14-7-3-5-12(9-16)15(14)18(19)20/h2-8,17H,10H2,1H3. The number of nitrogens with zero attached hydrogens (tertiary/aromatic N) is 2. The van der Waals surface area contributed by atoms with Gasteiger partial charge in [-0.3, -0.25) is 10.1 Å². The molecular formula is C15H13N3O3. The van der Waals surface area contributed by atoms with Gasteiger partial charge >= 0.3 is 5.69 Å². The monoisotopic (exact) mass is 283 g/mol. The second kappa shape index (κ2) is 6.39. The minimum Gasteiger partial charge on any atom is -0.497 e. The number of benzene rings is 2. The van der Waals surface area contributed by atoms with Crippen molar-refractivity contribution in [2.45, 2.75) is 6.54 Å². The molecule has 106 valence electrons. The molecule has 21 heavy (non-hydrogen) atoms. The third-order valence-corrected chi connectivity index (χ3v) is 2.96. The molecular weight excluding hydrogens is 270 g/mol. The van der Waals surface area contributed by atoms with Gasteiger partial charge in [-0.15, -0.1) is 0 Å². The van der Waals surface area contributed by atoms with Crippen molar-refractivity contribution in [1.82, 2.24) is 0 Å². The largest absolute Gasteiger partial charge is 0.497 e. The van der Waals surface area contributed by atoms with Gasteiger partial charge < -0.3 is 10.1 Å². The van der Waals surface area contributed by atoms with Crippen LogP contribution >= 0.6 is 0 Å². The van der Waals surface area contributed by atoms with E-state index in [1.165, 1.54) is 6.07 Å². The van der Waals surface area contributed by atoms with Crippen molar-refractivity contribution in [2.75, 3.05) is 12.4 Å². The number of anilines is 1. The van der Waals surface area contributed by atoms with Crippen LogP contribution in [-0.4, -0.2) is 12.0 Å². The number of nitro groups is 1. The number of para-hydroxylation sites is 1. The highest BCUT2D eigenvalue weighted by Crippen LogP contribution is 2.28. The number of methoxy groups -OCH3 is 1. The van der Waals surface area contributed by atoms with E-state index >= 15 is 0 Å². The summed E-state index contributed by atoms with van der Waals surface area (Å²) in [5.41, 5.74) is 1.08. The Kier molecular flexibility index (Phi) is 4.36. The molecule has 0 aliphatic carbocycles. The molecule has 0 fully saturated rings. The molecule has 2 rings (SSSR count). The van der Waals surface area contributed by atoms with E-state index < -0.39 is 4.92 Å². The zero-order chi connectivity index (χ0) is 15.2. The van der Waals surface area contributed by atoms with Gasteiger partial charge in [-0.05, 0) is 29.8 Å². The fourth-order valence-electron chi connectivity index (χ4n) is 1.95. The number of nitrogens with one attached hydrogen (secondary N) is 1. The Morgan fingerprint density at radius 3 is 2.76 bits per heavy atom. The van der Waals surface area contributed by atoms with Crippen molar-refractivity contribution < 1.29 is 9.66 Å². The summed E-state index contributed by atoms with van der Waals surface area (Å²) in [6.45, 7) is 0.396. The van der Waals surface area contributed by atoms with Crippen LogP contribution in [0.1, 0.15) is 11.1 Å². The Morgan fingerprint density at radius 2 is 2.10 bits per heavy atom. The molecule has 0 amide bonds. The molecule has 0 spiro atoms. The van der Waals surface area contributed by atoms with Crippen LogP contribution in [-0.2, 0) is 6.54 Å². The van der Waals surface area contributed by atoms with E-state index in [1.54, 1.807) is 19.2 Å². The average Bonchev–Trinajstić information content (AvgIpc) is 2.52. The second-order valence-electron chi connectivity index (χ2n) is 4.28. The molecule has 0 radical (unpaired) electrons. The molecule has 2 aromatic rings. The van der Waals surface area contributed by atoms with Crippen molar-refractivity contribution in [3.8, 4) is 11.8 Å². The first-order valence-electron chi connectivity index (χ1n) is 6.20. The molecule has 6 heteroatoms. The van der Waals surface area contributed by atoms with E-state index in [0.717, 1.165) is 11.3 Å². The van der Waals surface area contributed by atoms with Gasteiger partial charge in [-0.25, -0.2) is 0 Å². The lowest BCUT2D eigenvalue weighted by molar-refractivity contribution is -0.384. The Hall–Kier alpha value is -3.07. The van der Waals surface area contributed by atoms with Crippen LogP contribution in [0.3, 0.4) is 0 Å². The molecule has 6 nitrogen and oxygen atoms in total. The van der Waals surface area contributed by atoms with Crippen molar-refractivity contribution in [1.29, 1.82) is 5.26 Å². The predicted molar refractivity (Wildman–Crippen MR) is 78.1 cm³/mol. The molecule has 0 aliphatic heterocycles. The summed E-state index contributed by atoms with van der Waals surface area (Å²) in [4.78, 5) is 10.6. The van der Waals surface area contributed by atoms with E-state index in [9.17, 15) is 10.1 Å². The smallest absolute Gasteiger partial charge is 0.309 e. The maximum Gasteiger partial charge on any atom is 0.309 e. The van der Waals surface area contributed by atoms with E-state index in [4.69, 9.17) is 10.00 Å². The number of nitriles is 1. The summed E-state index contributed by atoms with van der Waals surface area (Å²) in [5.74, 6) is 0.717. The Bertz CT molecular complexity index is 708. The molecule has 0 heterocycles. The van der Waals surface area contributed by atoms with Crippen molar-refractivity contribution in [2.24, 2.45) is 0 Å². The predicted octanol–water partition coefficient (Wildman–Crippen LogP) is 3.09. The Labute approximate surface area is 121 Å². The maximum absolute atomic E-state index is 11.1. The van der Waals surface area contributed by atoms with Gasteiger partial charge in [-0.1, -0.05) is 18.2 Å². The van der Waals surface area contributed by atoms with Crippen LogP contribution in [0.4, 0.5) is 11.4 Å². The van der Waals surface area contributed by atoms with Gasteiger partial charge in [0.2, 0.25) is 0 Å². The minimum absolute atomic E-state index is 0.0376. The number of nitro benzene ring substituents is 1. The van der Waals surface area contributed by atoms with E-state index in [1.807, 2.05) is 30.3 Å². The highest BCUT2D eigenvalue weighted by atomic mass is 16.6. The highest BCUT2D eigenvalue weighted by Gasteiger charge is 2.19. The molecule has 0 saturated carbocycles. The van der Waals surface area contributed by atoms with E-state index in [-0.39, 0.29) is 11.3 Å². The SMILES string of the molecule is COc1cccc(CNc2cccc(C#N)c2[N+](=O)[O-])c1. The minimum atomic E-state index is -0.549. The molecule has 0 aromatic heterocycles. The van der Waals surface area contributed by atoms with Crippen molar-refractivity contribution in [3.63, 3.8) is 0 Å². The first-order chi connectivity index (χ1) is 10.2. The molecule has 0 saturated heterocycles. The molecule has 0 bridgehead atoms. The fourth-order valence-corrected chi connectivity index (χ4v) is 1.95. The van der Waals surface area contributed by atoms with Gasteiger partial charge in [0.15, 0.2) is 0 Å². The van der Waals surface area contributed by atoms with Gasteiger partial charge in [-0.2, -0.15) is 5.26 Å². The van der Waals surface area contributed by atoms with Crippen molar-refractivity contribution in [3.05, 3.63) is 63.7 Å². The van der Waals surface area contributed by atoms with E-state index in [2.05, 4.69) is 5.32 Å². The van der Waals surface area contributed by atoms with E-state index in [0.29, 0.717) is 12.2 Å². The normalized spacial score (nSPS) is 9.71. The maximum atomic E-state index is 11.1. The van der Waals surface area contributed by atoms with Gasteiger partial charge in [0, 0.05) is 6.54 Å². The molecule has 1 N–H and O–H groups in total. The molecule has 2 aromatic carbocycles. The first kappa shape index (κ1) is 14.3. The number of rotatable bonds is 5. The van der Waals surface area contributed by atoms with Crippen LogP contribution in [0.5, 0.6) is 5.75 Å². The second-order valence-corrected chi connectivity index (χ2v) is 4.28. The fraction of sp³-hybridized carbons (Fsp3) is 0.133. The summed E-state index contributed by atoms with van der Waals surface area (Å²) in [6.07, 6.45) is 0. The lowest BCUT2D eigenvalue weighted by atomic mass is 10.1. The zero-order valence-corrected chi connectivity index (χ0v) is 11.4. The van der Waals surface area contributed by atoms with Crippen molar-refractivity contribution >= 4 is 11.4 Å². The van der Waals surface area contributed by atoms with Crippen LogP contribution in [0.15, 0.2) is 42.5 Å². The zero-order valence-electron chi connectivity index (χ0n) is 11.4. The summed E-state index contributed by atoms with van der Waals surface area (Å²) in [6, 6.07) is 13.8. The van der Waals surface area contributed by atoms with Crippen LogP contribution < -0.4 is 10.1 Å². The molecule has 0 atom stereocenters. The Balaban J connectivity index is 2.24. The quantitative estimate of drug-likeness (QED) is 0.673. The Morgan fingerprint density at radius 1 is 1.33 bits per heavy atom. The van der Waals surface area contributed by atoms with Crippen LogP contribution in [0.2, 0.25) is 0 Å². The lowest BCUT2D eigenvalue weighted by Crippen LogP contribution is -2.04. The summed E-state index contributed by atoms with van der Waals surface area (Å²) in [7, 11) is 1.58. The number of ether oxygens (including phenoxy) is 1. The number of hydrogen-bond acceptors (Lipinski definition) is 5. The van der Waals surface area contributed by atoms with Crippen LogP contribution in [0.25, 0.3) is 0 Å². The molecule has 0 aliphatic rings. The summed E-state index contributed by atoms with van der Waals surface area (Å²) >= 11 is 0. The third-order valence-electron chi connectivity index (χ3n) is 2.96. The lowest BCUT2D eigenvalue weighted by Gasteiger charge is -2.09. The topological polar surface area (TPSA) is 88.2 Å². The molecule has 0 unspecified atom stereocenters. The average molecular weight is 283 g/mol. The van der Waals surface area contributed by atoms with Gasteiger partial charge in [0.1, 0.15) is 23.1 Å². The van der Waals surface area contributed by atoms with Gasteiger partial charge in [0.05, 0.1) is 12.0 Å². The highest BCUT2D eigenvalue weighted by molar-refractivity contribution is 5.68. The number of hydrogen-bond donors (Lipinski definition) is 1. The third kappa shape index (κ3) is 3.28. The first-order valence-corrected chi connectivity index (χ1v) is 6.20. The van der Waals surface area contributed by atoms with Gasteiger partial charge in [0.25, 0.3) is 0 Å². The van der Waals surface area contributed by atoms with Crippen LogP contribution in [0, 0.1) is 21.4 Å².